The number of methoxy groups -OCH3 is 1. The van der Waals surface area contributed by atoms with Gasteiger partial charge in [0.05, 0.1) is 25.6 Å². The van der Waals surface area contributed by atoms with Crippen LogP contribution in [-0.4, -0.2) is 106 Å². The molecule has 3 aliphatic heterocycles. The number of fused-ring (bicyclic) bond motifs is 3. The summed E-state index contributed by atoms with van der Waals surface area (Å²) in [6.07, 6.45) is -4.12. The first-order valence-corrected chi connectivity index (χ1v) is 13.0. The summed E-state index contributed by atoms with van der Waals surface area (Å²) in [5.41, 5.74) is 4.58. The molecule has 3 aliphatic rings. The summed E-state index contributed by atoms with van der Waals surface area (Å²) in [5.74, 6) is -1.62. The Morgan fingerprint density at radius 2 is 1.97 bits per heavy atom. The summed E-state index contributed by atoms with van der Waals surface area (Å²) in [6, 6.07) is 8.13. The van der Waals surface area contributed by atoms with Crippen LogP contribution in [0.25, 0.3) is 10.9 Å². The fraction of sp³-hybridized carbons (Fsp3) is 0.500. The minimum atomic E-state index is -1.60. The van der Waals surface area contributed by atoms with Gasteiger partial charge >= 0.3 is 5.97 Å². The highest BCUT2D eigenvalue weighted by molar-refractivity contribution is 6.04. The lowest BCUT2D eigenvalue weighted by Gasteiger charge is -2.43. The van der Waals surface area contributed by atoms with Crippen molar-refractivity contribution in [2.24, 2.45) is 11.8 Å². The molecule has 1 aromatic carbocycles. The van der Waals surface area contributed by atoms with Gasteiger partial charge in [0.15, 0.2) is 12.0 Å². The molecule has 0 spiro atoms. The van der Waals surface area contributed by atoms with E-state index < -0.39 is 61.4 Å². The molecule has 0 bridgehead atoms. The number of nitrogens with one attached hydrogen (secondary N) is 1. The number of esters is 1. The number of benzene rings is 1. The summed E-state index contributed by atoms with van der Waals surface area (Å²) >= 11 is 0. The second kappa shape index (κ2) is 11.2. The largest absolute Gasteiger partial charge is 0.471 e. The maximum absolute atomic E-state index is 12.8. The normalized spacial score (nSPS) is 32.8. The van der Waals surface area contributed by atoms with E-state index in [-0.39, 0.29) is 0 Å². The lowest BCUT2D eigenvalue weighted by Crippen LogP contribution is -2.60. The van der Waals surface area contributed by atoms with Gasteiger partial charge in [0.2, 0.25) is 6.29 Å². The number of ether oxygens (including phenoxy) is 4. The van der Waals surface area contributed by atoms with Crippen LogP contribution in [0.1, 0.15) is 17.7 Å². The van der Waals surface area contributed by atoms with E-state index in [1.54, 1.807) is 6.08 Å². The molecule has 5 N–H and O–H groups in total. The summed E-state index contributed by atoms with van der Waals surface area (Å²) in [4.78, 5) is 16.4. The topological polar surface area (TPSA) is 154 Å². The van der Waals surface area contributed by atoms with Crippen LogP contribution in [0.15, 0.2) is 48.8 Å². The number of likely N-dealkylation sites (N-methyl/N-ethyl adjacent to an activating group) is 1. The maximum atomic E-state index is 12.8. The Kier molecular flexibility index (Phi) is 7.90. The van der Waals surface area contributed by atoms with Gasteiger partial charge in [-0.1, -0.05) is 24.3 Å². The Labute approximate surface area is 225 Å². The lowest BCUT2D eigenvalue weighted by molar-refractivity contribution is -0.499. The second-order valence-electron chi connectivity index (χ2n) is 10.2. The maximum Gasteiger partial charge on any atom is 0.337 e. The van der Waals surface area contributed by atoms with Gasteiger partial charge in [0, 0.05) is 35.6 Å². The quantitative estimate of drug-likeness (QED) is 0.187. The number of aliphatic hydroxyl groups is 4. The zero-order valence-corrected chi connectivity index (χ0v) is 21.9. The molecule has 0 unspecified atom stereocenters. The average molecular weight is 544 g/mol. The molecule has 11 heteroatoms. The summed E-state index contributed by atoms with van der Waals surface area (Å²) in [5, 5.41) is 41.5. The molecular weight excluding hydrogens is 508 g/mol. The monoisotopic (exact) mass is 543 g/mol. The molecule has 1 aromatic heterocycles. The minimum absolute atomic E-state index is 0.306. The number of rotatable bonds is 7. The van der Waals surface area contributed by atoms with E-state index in [2.05, 4.69) is 22.2 Å². The molecule has 0 radical (unpaired) electrons. The van der Waals surface area contributed by atoms with Crippen molar-refractivity contribution in [1.29, 1.82) is 0 Å². The molecule has 39 heavy (non-hydrogen) atoms. The molecule has 0 saturated carbocycles. The number of aromatic nitrogens is 1. The first kappa shape index (κ1) is 27.5. The summed E-state index contributed by atoms with van der Waals surface area (Å²) in [6.45, 7) is 4.17. The van der Waals surface area contributed by atoms with E-state index in [0.29, 0.717) is 12.0 Å². The first-order chi connectivity index (χ1) is 18.8. The number of H-pyrrole nitrogens is 1. The molecule has 4 heterocycles. The van der Waals surface area contributed by atoms with E-state index >= 15 is 0 Å². The fourth-order valence-corrected chi connectivity index (χ4v) is 5.77. The third kappa shape index (κ3) is 4.90. The molecule has 8 atom stereocenters. The Hall–Kier alpha value is -3.06. The SMILES string of the molecule is C=C[C@H]1[C@H](O[C@@H]2O[C@H](CO)[C@@H](O)[C@H](O)[C@H]2O)OC=C(C(=O)OC)[C@H]1CC1=[N+](C)CCc2c1[nH]c1ccccc21. The van der Waals surface area contributed by atoms with E-state index in [4.69, 9.17) is 18.9 Å². The number of hydrogen-bond acceptors (Lipinski definition) is 9. The summed E-state index contributed by atoms with van der Waals surface area (Å²) < 4.78 is 24.5. The van der Waals surface area contributed by atoms with Crippen LogP contribution in [-0.2, 0) is 30.2 Å². The van der Waals surface area contributed by atoms with Gasteiger partial charge in [-0.05, 0) is 11.6 Å². The molecule has 210 valence electrons. The van der Waals surface area contributed by atoms with E-state index in [0.717, 1.165) is 35.3 Å². The fourth-order valence-electron chi connectivity index (χ4n) is 5.77. The van der Waals surface area contributed by atoms with Gasteiger partial charge in [-0.15, -0.1) is 6.58 Å². The number of para-hydroxylation sites is 1. The van der Waals surface area contributed by atoms with Gasteiger partial charge in [0.1, 0.15) is 43.7 Å². The van der Waals surface area contributed by atoms with Crippen molar-refractivity contribution in [1.82, 2.24) is 4.98 Å². The van der Waals surface area contributed by atoms with Crippen LogP contribution in [0.5, 0.6) is 0 Å². The van der Waals surface area contributed by atoms with Crippen LogP contribution in [0, 0.1) is 11.8 Å². The van der Waals surface area contributed by atoms with Gasteiger partial charge in [0.25, 0.3) is 0 Å². The Balaban J connectivity index is 1.47. The predicted molar refractivity (Wildman–Crippen MR) is 139 cm³/mol. The number of nitrogens with zero attached hydrogens (tertiary/aromatic N) is 1. The number of carbonyl (C=O) groups is 1. The molecular formula is C28H35N2O9+. The molecule has 1 saturated heterocycles. The van der Waals surface area contributed by atoms with Crippen LogP contribution < -0.4 is 0 Å². The third-order valence-corrected chi connectivity index (χ3v) is 7.99. The van der Waals surface area contributed by atoms with Crippen molar-refractivity contribution in [3.05, 3.63) is 60.0 Å². The molecule has 0 amide bonds. The number of aromatic amines is 1. The van der Waals surface area contributed by atoms with Crippen LogP contribution in [0.3, 0.4) is 0 Å². The van der Waals surface area contributed by atoms with Crippen molar-refractivity contribution in [2.45, 2.75) is 49.8 Å². The van der Waals surface area contributed by atoms with Crippen LogP contribution in [0.2, 0.25) is 0 Å². The first-order valence-electron chi connectivity index (χ1n) is 13.0. The van der Waals surface area contributed by atoms with Gasteiger partial charge in [-0.25, -0.2) is 9.37 Å². The molecule has 1 fully saturated rings. The lowest BCUT2D eigenvalue weighted by atomic mass is 9.79. The minimum Gasteiger partial charge on any atom is -0.471 e. The number of hydrogen-bond donors (Lipinski definition) is 5. The highest BCUT2D eigenvalue weighted by Gasteiger charge is 2.48. The van der Waals surface area contributed by atoms with E-state index in [9.17, 15) is 25.2 Å². The van der Waals surface area contributed by atoms with Crippen molar-refractivity contribution >= 4 is 22.6 Å². The van der Waals surface area contributed by atoms with Gasteiger partial charge in [-0.3, -0.25) is 0 Å². The highest BCUT2D eigenvalue weighted by atomic mass is 16.8. The van der Waals surface area contributed by atoms with Gasteiger partial charge < -0.3 is 44.4 Å². The van der Waals surface area contributed by atoms with E-state index in [1.807, 2.05) is 25.2 Å². The molecule has 0 aliphatic carbocycles. The Morgan fingerprint density at radius 1 is 1.21 bits per heavy atom. The Bertz CT molecular complexity index is 1300. The molecule has 5 rings (SSSR count). The standard InChI is InChI=1S/C28H34N2O9/c1-4-14-17(11-20-22-16(9-10-30(20)2)15-7-5-6-8-19(15)29-22)18(26(35)36-3)13-37-27(14)39-28-25(34)24(33)23(32)21(12-31)38-28/h4-8,13-14,17,21,23-25,27-28,31-34H,1,9-12H2,2-3H3/p+1/t14-,17+,21-,23-,24+,25-,27+,28+/m1/s1. The smallest absolute Gasteiger partial charge is 0.337 e. The zero-order chi connectivity index (χ0) is 27.8. The van der Waals surface area contributed by atoms with Crippen molar-refractivity contribution < 1.29 is 48.7 Å². The van der Waals surface area contributed by atoms with E-state index in [1.165, 1.54) is 18.9 Å². The van der Waals surface area contributed by atoms with Gasteiger partial charge in [-0.2, -0.15) is 0 Å². The molecule has 11 nitrogen and oxygen atoms in total. The van der Waals surface area contributed by atoms with Crippen molar-refractivity contribution in [3.63, 3.8) is 0 Å². The number of carbonyl (C=O) groups excluding carboxylic acids is 1. The highest BCUT2D eigenvalue weighted by Crippen LogP contribution is 2.39. The third-order valence-electron chi connectivity index (χ3n) is 7.99. The molecule has 2 aromatic rings. The average Bonchev–Trinajstić information content (AvgIpc) is 3.33. The van der Waals surface area contributed by atoms with Crippen LogP contribution >= 0.6 is 0 Å². The predicted octanol–water partition coefficient (Wildman–Crippen LogP) is 0.194. The van der Waals surface area contributed by atoms with Crippen molar-refractivity contribution in [2.75, 3.05) is 27.3 Å². The summed E-state index contributed by atoms with van der Waals surface area (Å²) in [7, 11) is 3.31. The Morgan fingerprint density at radius 3 is 2.69 bits per heavy atom. The van der Waals surface area contributed by atoms with Crippen LogP contribution in [0.4, 0.5) is 0 Å². The second-order valence-corrected chi connectivity index (χ2v) is 10.2. The number of aliphatic hydroxyl groups excluding tert-OH is 4. The van der Waals surface area contributed by atoms with Crippen molar-refractivity contribution in [3.8, 4) is 0 Å². The zero-order valence-electron chi connectivity index (χ0n) is 21.9.